The van der Waals surface area contributed by atoms with Crippen LogP contribution in [-0.2, 0) is 6.54 Å². The van der Waals surface area contributed by atoms with Crippen molar-refractivity contribution in [1.29, 1.82) is 0 Å². The van der Waals surface area contributed by atoms with E-state index in [1.54, 1.807) is 6.07 Å². The van der Waals surface area contributed by atoms with Crippen molar-refractivity contribution in [3.05, 3.63) is 47.5 Å². The highest BCUT2D eigenvalue weighted by molar-refractivity contribution is 5.75. The zero-order valence-electron chi connectivity index (χ0n) is 16.2. The van der Waals surface area contributed by atoms with E-state index in [-0.39, 0.29) is 23.6 Å². The van der Waals surface area contributed by atoms with E-state index in [9.17, 15) is 9.18 Å². The number of benzene rings is 1. The number of hydrogen-bond acceptors (Lipinski definition) is 3. The van der Waals surface area contributed by atoms with Gasteiger partial charge >= 0.3 is 6.03 Å². The lowest BCUT2D eigenvalue weighted by atomic mass is 9.93. The van der Waals surface area contributed by atoms with Crippen molar-refractivity contribution in [3.8, 4) is 5.75 Å². The van der Waals surface area contributed by atoms with E-state index in [2.05, 4.69) is 23.4 Å². The molecule has 2 aliphatic heterocycles. The molecule has 1 unspecified atom stereocenters. The second-order valence-electron chi connectivity index (χ2n) is 7.48. The molecule has 2 amide bonds. The number of urea groups is 1. The first-order valence-corrected chi connectivity index (χ1v) is 10.2. The van der Waals surface area contributed by atoms with Gasteiger partial charge in [-0.05, 0) is 44.7 Å². The van der Waals surface area contributed by atoms with Crippen molar-refractivity contribution in [1.82, 2.24) is 20.0 Å². The molecule has 0 spiro atoms. The van der Waals surface area contributed by atoms with Gasteiger partial charge in [-0.2, -0.15) is 5.10 Å². The van der Waals surface area contributed by atoms with Gasteiger partial charge in [0.2, 0.25) is 0 Å². The summed E-state index contributed by atoms with van der Waals surface area (Å²) in [5.41, 5.74) is 1.99. The molecule has 150 valence electrons. The average molecular weight is 386 g/mol. The molecule has 2 aromatic rings. The van der Waals surface area contributed by atoms with Crippen LogP contribution >= 0.6 is 0 Å². The fraction of sp³-hybridized carbons (Fsp3) is 0.524. The highest BCUT2D eigenvalue weighted by Crippen LogP contribution is 2.34. The van der Waals surface area contributed by atoms with Crippen molar-refractivity contribution >= 4 is 6.03 Å². The van der Waals surface area contributed by atoms with E-state index in [1.807, 2.05) is 21.8 Å². The van der Waals surface area contributed by atoms with Crippen molar-refractivity contribution in [2.45, 2.75) is 51.1 Å². The molecular weight excluding hydrogens is 359 g/mol. The second-order valence-corrected chi connectivity index (χ2v) is 7.48. The Labute approximate surface area is 164 Å². The highest BCUT2D eigenvalue weighted by atomic mass is 19.1. The molecule has 0 saturated carbocycles. The van der Waals surface area contributed by atoms with Crippen LogP contribution in [-0.4, -0.2) is 40.4 Å². The summed E-state index contributed by atoms with van der Waals surface area (Å²) in [7, 11) is 0. The summed E-state index contributed by atoms with van der Waals surface area (Å²) in [5, 5.41) is 7.47. The molecule has 7 heteroatoms. The number of piperidine rings is 1. The summed E-state index contributed by atoms with van der Waals surface area (Å²) in [6, 6.07) is 6.69. The molecule has 0 bridgehead atoms. The lowest BCUT2D eigenvalue weighted by Gasteiger charge is -2.33. The standard InChI is InChI=1S/C21H27FN4O2/c1-2-26-19(8-11-23-26)15-9-12-25(13-10-15)21(27)24-18-7-4-14-28-20-16(18)5-3-6-17(20)22/h3,5-6,8,11,15,18H,2,4,7,9-10,12-14H2,1H3,(H,24,27). The normalized spacial score (nSPS) is 20.2. The number of carbonyl (C=O) groups excluding carboxylic acids is 1. The lowest BCUT2D eigenvalue weighted by molar-refractivity contribution is 0.176. The fourth-order valence-corrected chi connectivity index (χ4v) is 4.29. The fourth-order valence-electron chi connectivity index (χ4n) is 4.29. The van der Waals surface area contributed by atoms with Gasteiger partial charge in [0.25, 0.3) is 0 Å². The second kappa shape index (κ2) is 8.20. The maximum atomic E-state index is 14.1. The molecule has 28 heavy (non-hydrogen) atoms. The molecule has 1 N–H and O–H groups in total. The maximum absolute atomic E-state index is 14.1. The third-order valence-electron chi connectivity index (χ3n) is 5.80. The molecule has 0 aliphatic carbocycles. The Morgan fingerprint density at radius 3 is 2.89 bits per heavy atom. The van der Waals surface area contributed by atoms with Crippen LogP contribution in [0.1, 0.15) is 55.8 Å². The summed E-state index contributed by atoms with van der Waals surface area (Å²) in [5.74, 6) is 0.344. The zero-order chi connectivity index (χ0) is 19.5. The first-order chi connectivity index (χ1) is 13.7. The van der Waals surface area contributed by atoms with Crippen LogP contribution in [0.4, 0.5) is 9.18 Å². The van der Waals surface area contributed by atoms with E-state index in [0.29, 0.717) is 25.6 Å². The number of hydrogen-bond donors (Lipinski definition) is 1. The summed E-state index contributed by atoms with van der Waals surface area (Å²) in [6.07, 6.45) is 5.23. The van der Waals surface area contributed by atoms with Crippen molar-refractivity contribution in [2.75, 3.05) is 19.7 Å². The van der Waals surface area contributed by atoms with Gasteiger partial charge in [-0.25, -0.2) is 9.18 Å². The summed E-state index contributed by atoms with van der Waals surface area (Å²) in [6.45, 7) is 4.85. The Morgan fingerprint density at radius 1 is 1.29 bits per heavy atom. The molecule has 1 atom stereocenters. The van der Waals surface area contributed by atoms with Gasteiger partial charge < -0.3 is 15.0 Å². The topological polar surface area (TPSA) is 59.4 Å². The zero-order valence-corrected chi connectivity index (χ0v) is 16.2. The first kappa shape index (κ1) is 18.8. The number of amides is 2. The van der Waals surface area contributed by atoms with Gasteiger partial charge in [-0.1, -0.05) is 12.1 Å². The Kier molecular flexibility index (Phi) is 5.50. The van der Waals surface area contributed by atoms with Gasteiger partial charge in [0.1, 0.15) is 0 Å². The molecule has 1 aromatic carbocycles. The van der Waals surface area contributed by atoms with Crippen LogP contribution in [0.3, 0.4) is 0 Å². The number of nitrogens with one attached hydrogen (secondary N) is 1. The Balaban J connectivity index is 1.39. The molecule has 1 saturated heterocycles. The third-order valence-corrected chi connectivity index (χ3v) is 5.80. The average Bonchev–Trinajstić information content (AvgIpc) is 3.10. The molecule has 2 aliphatic rings. The van der Waals surface area contributed by atoms with Crippen molar-refractivity contribution < 1.29 is 13.9 Å². The number of ether oxygens (including phenoxy) is 1. The van der Waals surface area contributed by atoms with E-state index in [4.69, 9.17) is 4.74 Å². The van der Waals surface area contributed by atoms with Crippen LogP contribution in [0, 0.1) is 5.82 Å². The predicted molar refractivity (Wildman–Crippen MR) is 104 cm³/mol. The Morgan fingerprint density at radius 2 is 2.11 bits per heavy atom. The van der Waals surface area contributed by atoms with Crippen molar-refractivity contribution in [2.24, 2.45) is 0 Å². The molecule has 1 aromatic heterocycles. The minimum Gasteiger partial charge on any atom is -0.490 e. The number of aryl methyl sites for hydroxylation is 1. The number of para-hydroxylation sites is 1. The monoisotopic (exact) mass is 386 g/mol. The highest BCUT2D eigenvalue weighted by Gasteiger charge is 2.29. The van der Waals surface area contributed by atoms with Crippen LogP contribution in [0.25, 0.3) is 0 Å². The van der Waals surface area contributed by atoms with Crippen LogP contribution in [0.2, 0.25) is 0 Å². The Bertz CT molecular complexity index is 830. The number of rotatable bonds is 3. The quantitative estimate of drug-likeness (QED) is 0.872. The SMILES string of the molecule is CCn1nccc1C1CCN(C(=O)NC2CCCOc3c(F)cccc32)CC1. The maximum Gasteiger partial charge on any atom is 0.317 e. The van der Waals surface area contributed by atoms with Gasteiger partial charge in [-0.15, -0.1) is 0 Å². The molecule has 3 heterocycles. The molecule has 4 rings (SSSR count). The number of nitrogens with zero attached hydrogens (tertiary/aromatic N) is 3. The molecular formula is C21H27FN4O2. The van der Waals surface area contributed by atoms with Crippen LogP contribution < -0.4 is 10.1 Å². The number of fused-ring (bicyclic) bond motifs is 1. The van der Waals surface area contributed by atoms with E-state index >= 15 is 0 Å². The van der Waals surface area contributed by atoms with E-state index in [1.165, 1.54) is 11.8 Å². The minimum atomic E-state index is -0.369. The van der Waals surface area contributed by atoms with Gasteiger partial charge in [0, 0.05) is 43.0 Å². The number of likely N-dealkylation sites (tertiary alicyclic amines) is 1. The van der Waals surface area contributed by atoms with Crippen LogP contribution in [0.5, 0.6) is 5.75 Å². The molecule has 1 fully saturated rings. The smallest absolute Gasteiger partial charge is 0.317 e. The van der Waals surface area contributed by atoms with E-state index in [0.717, 1.165) is 37.8 Å². The number of halogens is 1. The minimum absolute atomic E-state index is 0.0791. The first-order valence-electron chi connectivity index (χ1n) is 10.2. The van der Waals surface area contributed by atoms with Crippen molar-refractivity contribution in [3.63, 3.8) is 0 Å². The number of carbonyl (C=O) groups is 1. The summed E-state index contributed by atoms with van der Waals surface area (Å²) < 4.78 is 21.7. The summed E-state index contributed by atoms with van der Waals surface area (Å²) >= 11 is 0. The van der Waals surface area contributed by atoms with Crippen LogP contribution in [0.15, 0.2) is 30.5 Å². The predicted octanol–water partition coefficient (Wildman–Crippen LogP) is 3.85. The van der Waals surface area contributed by atoms with E-state index < -0.39 is 0 Å². The summed E-state index contributed by atoms with van der Waals surface area (Å²) in [4.78, 5) is 14.7. The van der Waals surface area contributed by atoms with Gasteiger partial charge in [0.15, 0.2) is 11.6 Å². The molecule has 6 nitrogen and oxygen atoms in total. The Hall–Kier alpha value is -2.57. The molecule has 0 radical (unpaired) electrons. The van der Waals surface area contributed by atoms with Gasteiger partial charge in [-0.3, -0.25) is 4.68 Å². The lowest BCUT2D eigenvalue weighted by Crippen LogP contribution is -2.45. The number of aromatic nitrogens is 2. The van der Waals surface area contributed by atoms with Gasteiger partial charge in [0.05, 0.1) is 12.6 Å². The largest absolute Gasteiger partial charge is 0.490 e. The third kappa shape index (κ3) is 3.70.